The van der Waals surface area contributed by atoms with E-state index in [0.717, 1.165) is 10.5 Å². The highest BCUT2D eigenvalue weighted by Crippen LogP contribution is 2.29. The molecule has 0 bridgehead atoms. The number of nitrogens with one attached hydrogen (secondary N) is 1. The number of nitrogens with zero attached hydrogens (tertiary/aromatic N) is 5. The van der Waals surface area contributed by atoms with E-state index in [1.165, 1.54) is 13.4 Å². The molecule has 1 unspecified atom stereocenters. The molecule has 0 spiro atoms. The van der Waals surface area contributed by atoms with Crippen molar-refractivity contribution in [3.63, 3.8) is 0 Å². The fraction of sp³-hybridized carbons (Fsp3) is 0.200. The van der Waals surface area contributed by atoms with Crippen LogP contribution in [0.15, 0.2) is 55.2 Å². The molecule has 2 aromatic heterocycles. The minimum Gasteiger partial charge on any atom is -0.497 e. The van der Waals surface area contributed by atoms with Crippen LogP contribution in [0.2, 0.25) is 0 Å². The van der Waals surface area contributed by atoms with Gasteiger partial charge >= 0.3 is 0 Å². The topological polar surface area (TPSA) is 118 Å². The van der Waals surface area contributed by atoms with Crippen molar-refractivity contribution in [2.45, 2.75) is 12.1 Å². The van der Waals surface area contributed by atoms with E-state index in [-0.39, 0.29) is 19.1 Å². The van der Waals surface area contributed by atoms with E-state index < -0.39 is 11.4 Å². The second-order valence-electron chi connectivity index (χ2n) is 8.08. The SMILES string of the molecule is COc1ccc2c(c1)C(=O)N(CC1(C#Cc3cccnc3-c3cncnc3)NCN(C=O)C1=O)C2. The molecular weight excluding hydrogens is 448 g/mol. The Morgan fingerprint density at radius 1 is 1.23 bits per heavy atom. The van der Waals surface area contributed by atoms with E-state index in [1.807, 2.05) is 6.07 Å². The van der Waals surface area contributed by atoms with Crippen molar-refractivity contribution in [1.82, 2.24) is 30.1 Å². The Bertz CT molecular complexity index is 1380. The fourth-order valence-electron chi connectivity index (χ4n) is 4.17. The molecule has 5 rings (SSSR count). The summed E-state index contributed by atoms with van der Waals surface area (Å²) in [6, 6.07) is 8.81. The highest BCUT2D eigenvalue weighted by molar-refractivity contribution is 6.02. The lowest BCUT2D eigenvalue weighted by Crippen LogP contribution is -2.54. The van der Waals surface area contributed by atoms with Crippen molar-refractivity contribution >= 4 is 18.2 Å². The second-order valence-corrected chi connectivity index (χ2v) is 8.08. The van der Waals surface area contributed by atoms with Crippen LogP contribution in [0.1, 0.15) is 21.5 Å². The van der Waals surface area contributed by atoms with Crippen molar-refractivity contribution in [3.8, 4) is 28.8 Å². The summed E-state index contributed by atoms with van der Waals surface area (Å²) >= 11 is 0. The summed E-state index contributed by atoms with van der Waals surface area (Å²) in [7, 11) is 1.53. The van der Waals surface area contributed by atoms with Crippen molar-refractivity contribution < 1.29 is 19.1 Å². The van der Waals surface area contributed by atoms with Crippen molar-refractivity contribution in [3.05, 3.63) is 71.9 Å². The van der Waals surface area contributed by atoms with Crippen LogP contribution in [-0.4, -0.2) is 68.8 Å². The van der Waals surface area contributed by atoms with Crippen LogP contribution in [0.5, 0.6) is 5.75 Å². The van der Waals surface area contributed by atoms with Gasteiger partial charge in [0.1, 0.15) is 12.1 Å². The molecule has 3 amide bonds. The third-order valence-corrected chi connectivity index (χ3v) is 5.98. The molecule has 2 aliphatic heterocycles. The summed E-state index contributed by atoms with van der Waals surface area (Å²) in [5.74, 6) is 5.89. The fourth-order valence-corrected chi connectivity index (χ4v) is 4.17. The molecule has 3 aromatic rings. The number of hydrogen-bond donors (Lipinski definition) is 1. The zero-order valence-electron chi connectivity index (χ0n) is 18.8. The highest BCUT2D eigenvalue weighted by atomic mass is 16.5. The van der Waals surface area contributed by atoms with Gasteiger partial charge in [0.2, 0.25) is 6.41 Å². The number of amides is 3. The molecule has 0 aliphatic carbocycles. The predicted octanol–water partition coefficient (Wildman–Crippen LogP) is 0.839. The zero-order chi connectivity index (χ0) is 24.4. The average Bonchev–Trinajstić information content (AvgIpc) is 3.39. The van der Waals surface area contributed by atoms with Crippen molar-refractivity contribution in [1.29, 1.82) is 0 Å². The molecule has 1 fully saturated rings. The van der Waals surface area contributed by atoms with Gasteiger partial charge in [0.05, 0.1) is 31.6 Å². The monoisotopic (exact) mass is 468 g/mol. The Morgan fingerprint density at radius 3 is 2.80 bits per heavy atom. The van der Waals surface area contributed by atoms with E-state index in [1.54, 1.807) is 47.8 Å². The first-order valence-corrected chi connectivity index (χ1v) is 10.8. The number of aromatic nitrogens is 3. The third-order valence-electron chi connectivity index (χ3n) is 5.98. The van der Waals surface area contributed by atoms with E-state index in [4.69, 9.17) is 4.74 Å². The van der Waals surface area contributed by atoms with Crippen LogP contribution < -0.4 is 10.1 Å². The number of methoxy groups -OCH3 is 1. The largest absolute Gasteiger partial charge is 0.497 e. The van der Waals surface area contributed by atoms with E-state index in [0.29, 0.717) is 41.1 Å². The number of rotatable bonds is 5. The highest BCUT2D eigenvalue weighted by Gasteiger charge is 2.48. The minimum atomic E-state index is -1.47. The summed E-state index contributed by atoms with van der Waals surface area (Å²) in [5.41, 5.74) is 1.67. The van der Waals surface area contributed by atoms with Crippen LogP contribution in [0.25, 0.3) is 11.3 Å². The Hall–Kier alpha value is -4.62. The van der Waals surface area contributed by atoms with Gasteiger partial charge in [-0.2, -0.15) is 0 Å². The van der Waals surface area contributed by atoms with E-state index in [2.05, 4.69) is 32.1 Å². The van der Waals surface area contributed by atoms with Crippen LogP contribution in [0, 0.1) is 11.8 Å². The molecule has 0 saturated carbocycles. The Balaban J connectivity index is 1.51. The number of fused-ring (bicyclic) bond motifs is 1. The molecule has 1 N–H and O–H groups in total. The maximum Gasteiger partial charge on any atom is 0.264 e. The molecule has 1 atom stereocenters. The lowest BCUT2D eigenvalue weighted by Gasteiger charge is -2.27. The first-order chi connectivity index (χ1) is 17.0. The molecule has 2 aliphatic rings. The Labute approximate surface area is 201 Å². The summed E-state index contributed by atoms with van der Waals surface area (Å²) in [4.78, 5) is 52.9. The van der Waals surface area contributed by atoms with Gasteiger partial charge in [0.25, 0.3) is 11.8 Å². The van der Waals surface area contributed by atoms with Crippen LogP contribution in [0.4, 0.5) is 0 Å². The normalized spacial score (nSPS) is 18.8. The average molecular weight is 468 g/mol. The van der Waals surface area contributed by atoms with Crippen molar-refractivity contribution in [2.24, 2.45) is 0 Å². The van der Waals surface area contributed by atoms with Gasteiger partial charge in [-0.15, -0.1) is 0 Å². The lowest BCUT2D eigenvalue weighted by atomic mass is 9.98. The third kappa shape index (κ3) is 3.98. The van der Waals surface area contributed by atoms with Gasteiger partial charge in [-0.3, -0.25) is 29.6 Å². The number of ether oxygens (including phenoxy) is 1. The van der Waals surface area contributed by atoms with Gasteiger partial charge in [-0.25, -0.2) is 9.97 Å². The Morgan fingerprint density at radius 2 is 2.06 bits per heavy atom. The van der Waals surface area contributed by atoms with Gasteiger partial charge < -0.3 is 9.64 Å². The maximum atomic E-state index is 13.2. The van der Waals surface area contributed by atoms with E-state index >= 15 is 0 Å². The minimum absolute atomic E-state index is 0.00770. The molecule has 4 heterocycles. The molecule has 1 saturated heterocycles. The van der Waals surface area contributed by atoms with Gasteiger partial charge in [-0.05, 0) is 29.8 Å². The number of carbonyl (C=O) groups excluding carboxylic acids is 3. The number of carbonyl (C=O) groups is 3. The summed E-state index contributed by atoms with van der Waals surface area (Å²) < 4.78 is 5.24. The summed E-state index contributed by atoms with van der Waals surface area (Å²) in [6.07, 6.45) is 6.75. The van der Waals surface area contributed by atoms with Crippen LogP contribution in [-0.2, 0) is 16.1 Å². The number of imide groups is 1. The number of benzene rings is 1. The standard InChI is InChI=1S/C25H20N6O4/c1-35-20-5-4-18-12-30(23(33)21(18)9-20)13-25(24(34)31(16-32)15-29-25)7-6-17-3-2-8-28-22(17)19-10-26-14-27-11-19/h2-5,8-11,14,16,29H,12-13,15H2,1H3. The number of pyridine rings is 1. The summed E-state index contributed by atoms with van der Waals surface area (Å²) in [6.45, 7) is 0.270. The molecule has 35 heavy (non-hydrogen) atoms. The van der Waals surface area contributed by atoms with Crippen LogP contribution >= 0.6 is 0 Å². The first-order valence-electron chi connectivity index (χ1n) is 10.8. The molecule has 174 valence electrons. The smallest absolute Gasteiger partial charge is 0.264 e. The zero-order valence-corrected chi connectivity index (χ0v) is 18.8. The van der Waals surface area contributed by atoms with Crippen LogP contribution in [0.3, 0.4) is 0 Å². The number of hydrogen-bond acceptors (Lipinski definition) is 8. The first kappa shape index (κ1) is 22.2. The molecule has 10 heteroatoms. The van der Waals surface area contributed by atoms with Gasteiger partial charge in [0, 0.05) is 36.3 Å². The second kappa shape index (κ2) is 8.96. The molecule has 1 aromatic carbocycles. The molecular formula is C25H20N6O4. The molecule has 0 radical (unpaired) electrons. The van der Waals surface area contributed by atoms with Gasteiger partial charge in [0.15, 0.2) is 5.54 Å². The maximum absolute atomic E-state index is 13.2. The quantitative estimate of drug-likeness (QED) is 0.432. The molecule has 10 nitrogen and oxygen atoms in total. The predicted molar refractivity (Wildman–Crippen MR) is 124 cm³/mol. The van der Waals surface area contributed by atoms with E-state index in [9.17, 15) is 14.4 Å². The summed E-state index contributed by atoms with van der Waals surface area (Å²) in [5, 5.41) is 3.06. The Kier molecular flexibility index (Phi) is 5.68. The lowest BCUT2D eigenvalue weighted by molar-refractivity contribution is -0.137. The van der Waals surface area contributed by atoms with Crippen molar-refractivity contribution in [2.75, 3.05) is 20.3 Å². The van der Waals surface area contributed by atoms with Gasteiger partial charge in [-0.1, -0.05) is 17.9 Å².